The van der Waals surface area contributed by atoms with Crippen LogP contribution in [0.5, 0.6) is 0 Å². The van der Waals surface area contributed by atoms with Crippen molar-refractivity contribution in [3.63, 3.8) is 0 Å². The first kappa shape index (κ1) is 19.0. The number of rotatable bonds is 3. The van der Waals surface area contributed by atoms with Crippen molar-refractivity contribution in [1.29, 1.82) is 0 Å². The van der Waals surface area contributed by atoms with Crippen LogP contribution < -0.4 is 21.1 Å². The van der Waals surface area contributed by atoms with Gasteiger partial charge in [0.05, 0.1) is 11.0 Å². The lowest BCUT2D eigenvalue weighted by Crippen LogP contribution is -2.47. The number of aromatic nitrogens is 2. The number of hydrogen-bond acceptors (Lipinski definition) is 4. The molecule has 7 heteroatoms. The Balaban J connectivity index is 1.40. The van der Waals surface area contributed by atoms with Crippen LogP contribution in [0.3, 0.4) is 0 Å². The smallest absolute Gasteiger partial charge is 0.319 e. The highest BCUT2D eigenvalue weighted by molar-refractivity contribution is 5.90. The number of amides is 2. The van der Waals surface area contributed by atoms with E-state index in [1.54, 1.807) is 11.6 Å². The molecule has 1 fully saturated rings. The van der Waals surface area contributed by atoms with Crippen LogP contribution in [0.1, 0.15) is 18.4 Å². The molecule has 3 aromatic rings. The fraction of sp³-hybridized carbons (Fsp3) is 0.318. The molecule has 1 saturated heterocycles. The maximum Gasteiger partial charge on any atom is 0.319 e. The highest BCUT2D eigenvalue weighted by atomic mass is 16.2. The molecule has 2 aromatic carbocycles. The molecule has 2 amide bonds. The van der Waals surface area contributed by atoms with E-state index in [0.717, 1.165) is 35.1 Å². The summed E-state index contributed by atoms with van der Waals surface area (Å²) in [7, 11) is 1.78. The van der Waals surface area contributed by atoms with E-state index in [1.165, 1.54) is 0 Å². The largest absolute Gasteiger partial charge is 0.352 e. The number of para-hydroxylation sites is 3. The summed E-state index contributed by atoms with van der Waals surface area (Å²) in [5.74, 6) is 0.481. The van der Waals surface area contributed by atoms with Gasteiger partial charge in [-0.2, -0.15) is 0 Å². The topological polar surface area (TPSA) is 79.3 Å². The average molecular weight is 391 g/mol. The van der Waals surface area contributed by atoms with Crippen LogP contribution >= 0.6 is 0 Å². The van der Waals surface area contributed by atoms with Crippen LogP contribution in [0.2, 0.25) is 0 Å². The Bertz CT molecular complexity index is 1100. The normalized spacial score (nSPS) is 14.8. The lowest BCUT2D eigenvalue weighted by atomic mass is 10.1. The third-order valence-electron chi connectivity index (χ3n) is 5.49. The quantitative estimate of drug-likeness (QED) is 0.719. The van der Waals surface area contributed by atoms with Gasteiger partial charge in [0, 0.05) is 31.9 Å². The van der Waals surface area contributed by atoms with Crippen molar-refractivity contribution in [3.8, 4) is 0 Å². The van der Waals surface area contributed by atoms with E-state index in [-0.39, 0.29) is 17.6 Å². The molecule has 0 radical (unpaired) electrons. The van der Waals surface area contributed by atoms with Crippen molar-refractivity contribution in [3.05, 3.63) is 64.4 Å². The number of fused-ring (bicyclic) bond motifs is 1. The van der Waals surface area contributed by atoms with Crippen LogP contribution in [0.4, 0.5) is 16.3 Å². The van der Waals surface area contributed by atoms with E-state index in [0.29, 0.717) is 18.9 Å². The van der Waals surface area contributed by atoms with Gasteiger partial charge >= 0.3 is 6.03 Å². The molecule has 150 valence electrons. The summed E-state index contributed by atoms with van der Waals surface area (Å²) in [4.78, 5) is 31.7. The second kappa shape index (κ2) is 7.95. The minimum Gasteiger partial charge on any atom is -0.352 e. The number of piperidine rings is 1. The Morgan fingerprint density at radius 3 is 2.52 bits per heavy atom. The Morgan fingerprint density at radius 2 is 1.76 bits per heavy atom. The van der Waals surface area contributed by atoms with Crippen LogP contribution in [0, 0.1) is 6.92 Å². The molecule has 2 heterocycles. The summed E-state index contributed by atoms with van der Waals surface area (Å²) in [6, 6.07) is 15.2. The number of benzene rings is 2. The van der Waals surface area contributed by atoms with Crippen molar-refractivity contribution in [2.75, 3.05) is 23.3 Å². The lowest BCUT2D eigenvalue weighted by molar-refractivity contribution is 0.246. The van der Waals surface area contributed by atoms with Gasteiger partial charge in [0.1, 0.15) is 0 Å². The number of carbonyl (C=O) groups excluding carboxylic acids is 1. The van der Waals surface area contributed by atoms with E-state index < -0.39 is 0 Å². The molecule has 0 spiro atoms. The van der Waals surface area contributed by atoms with Crippen molar-refractivity contribution in [1.82, 2.24) is 14.9 Å². The van der Waals surface area contributed by atoms with Gasteiger partial charge in [-0.3, -0.25) is 4.79 Å². The van der Waals surface area contributed by atoms with Gasteiger partial charge in [0.15, 0.2) is 5.82 Å². The Labute approximate surface area is 169 Å². The summed E-state index contributed by atoms with van der Waals surface area (Å²) < 4.78 is 1.65. The molecule has 4 rings (SSSR count). The van der Waals surface area contributed by atoms with Crippen molar-refractivity contribution < 1.29 is 4.79 Å². The summed E-state index contributed by atoms with van der Waals surface area (Å²) >= 11 is 0. The molecule has 0 aliphatic carbocycles. The zero-order valence-electron chi connectivity index (χ0n) is 16.7. The molecular weight excluding hydrogens is 366 g/mol. The van der Waals surface area contributed by atoms with Crippen LogP contribution in [-0.2, 0) is 7.05 Å². The number of hydrogen-bond donors (Lipinski definition) is 2. The number of aryl methyl sites for hydroxylation is 2. The van der Waals surface area contributed by atoms with Crippen LogP contribution in [0.25, 0.3) is 11.0 Å². The molecule has 0 saturated carbocycles. The molecule has 7 nitrogen and oxygen atoms in total. The molecule has 0 atom stereocenters. The van der Waals surface area contributed by atoms with Crippen LogP contribution in [0.15, 0.2) is 53.3 Å². The van der Waals surface area contributed by atoms with Gasteiger partial charge in [-0.25, -0.2) is 9.78 Å². The predicted octanol–water partition coefficient (Wildman–Crippen LogP) is 3.03. The Hall–Kier alpha value is -3.35. The second-order valence-electron chi connectivity index (χ2n) is 7.46. The van der Waals surface area contributed by atoms with E-state index in [9.17, 15) is 9.59 Å². The summed E-state index contributed by atoms with van der Waals surface area (Å²) in [6.07, 6.45) is 1.53. The highest BCUT2D eigenvalue weighted by Crippen LogP contribution is 2.19. The van der Waals surface area contributed by atoms with Gasteiger partial charge in [-0.05, 0) is 43.5 Å². The van der Waals surface area contributed by atoms with Gasteiger partial charge in [0.2, 0.25) is 0 Å². The molecule has 2 N–H and O–H groups in total. The third-order valence-corrected chi connectivity index (χ3v) is 5.49. The van der Waals surface area contributed by atoms with E-state index in [4.69, 9.17) is 0 Å². The first-order valence-corrected chi connectivity index (χ1v) is 9.87. The fourth-order valence-corrected chi connectivity index (χ4v) is 3.76. The van der Waals surface area contributed by atoms with E-state index >= 15 is 0 Å². The van der Waals surface area contributed by atoms with Crippen LogP contribution in [-0.4, -0.2) is 34.7 Å². The minimum atomic E-state index is -0.197. The first-order valence-electron chi connectivity index (χ1n) is 9.87. The van der Waals surface area contributed by atoms with Gasteiger partial charge in [0.25, 0.3) is 5.56 Å². The van der Waals surface area contributed by atoms with E-state index in [1.807, 2.05) is 60.4 Å². The maximum atomic E-state index is 12.8. The molecular formula is C22H25N5O2. The summed E-state index contributed by atoms with van der Waals surface area (Å²) in [6.45, 7) is 3.32. The molecule has 1 aromatic heterocycles. The van der Waals surface area contributed by atoms with Gasteiger partial charge < -0.3 is 20.1 Å². The van der Waals surface area contributed by atoms with Gasteiger partial charge in [-0.1, -0.05) is 30.3 Å². The minimum absolute atomic E-state index is 0.0691. The molecule has 1 aliphatic rings. The Morgan fingerprint density at radius 1 is 1.07 bits per heavy atom. The standard InChI is InChI=1S/C22H25N5O2/c1-15-7-3-4-8-17(15)25-22(29)23-16-11-13-27(14-12-16)20-21(28)26(2)19-10-6-5-9-18(19)24-20/h3-10,16H,11-14H2,1-2H3,(H2,23,25,29). The molecule has 0 bridgehead atoms. The number of nitrogens with one attached hydrogen (secondary N) is 2. The molecule has 0 unspecified atom stereocenters. The third kappa shape index (κ3) is 3.94. The zero-order chi connectivity index (χ0) is 20.4. The van der Waals surface area contributed by atoms with Crippen molar-refractivity contribution in [2.45, 2.75) is 25.8 Å². The lowest BCUT2D eigenvalue weighted by Gasteiger charge is -2.33. The predicted molar refractivity (Wildman–Crippen MR) is 116 cm³/mol. The number of urea groups is 1. The monoisotopic (exact) mass is 391 g/mol. The number of nitrogens with zero attached hydrogens (tertiary/aromatic N) is 3. The van der Waals surface area contributed by atoms with E-state index in [2.05, 4.69) is 15.6 Å². The second-order valence-corrected chi connectivity index (χ2v) is 7.46. The first-order chi connectivity index (χ1) is 14.0. The Kier molecular flexibility index (Phi) is 5.20. The summed E-state index contributed by atoms with van der Waals surface area (Å²) in [5.41, 5.74) is 3.38. The number of carbonyl (C=O) groups is 1. The van der Waals surface area contributed by atoms with Crippen molar-refractivity contribution in [2.24, 2.45) is 7.05 Å². The maximum absolute atomic E-state index is 12.8. The molecule has 1 aliphatic heterocycles. The molecule has 29 heavy (non-hydrogen) atoms. The van der Waals surface area contributed by atoms with Crippen molar-refractivity contribution >= 4 is 28.6 Å². The highest BCUT2D eigenvalue weighted by Gasteiger charge is 2.24. The SMILES string of the molecule is Cc1ccccc1NC(=O)NC1CCN(c2nc3ccccc3n(C)c2=O)CC1. The van der Waals surface area contributed by atoms with Gasteiger partial charge in [-0.15, -0.1) is 0 Å². The summed E-state index contributed by atoms with van der Waals surface area (Å²) in [5, 5.41) is 5.95. The average Bonchev–Trinajstić information content (AvgIpc) is 2.73. The zero-order valence-corrected chi connectivity index (χ0v) is 16.7. The fourth-order valence-electron chi connectivity index (χ4n) is 3.76. The number of anilines is 2.